The van der Waals surface area contributed by atoms with Crippen molar-refractivity contribution in [3.63, 3.8) is 0 Å². The van der Waals surface area contributed by atoms with Gasteiger partial charge in [-0.1, -0.05) is 12.8 Å². The van der Waals surface area contributed by atoms with Crippen molar-refractivity contribution in [2.24, 2.45) is 0 Å². The number of rotatable bonds is 13. The van der Waals surface area contributed by atoms with Crippen LogP contribution >= 0.6 is 0 Å². The van der Waals surface area contributed by atoms with E-state index in [0.717, 1.165) is 25.7 Å². The number of nitrogens with one attached hydrogen (secondary N) is 2. The Hall–Kier alpha value is -3.76. The maximum atomic E-state index is 12.7. The summed E-state index contributed by atoms with van der Waals surface area (Å²) < 4.78 is 10.3. The third-order valence-electron chi connectivity index (χ3n) is 6.84. The molecule has 10 nitrogen and oxygen atoms in total. The fourth-order valence-electron chi connectivity index (χ4n) is 4.74. The second-order valence-electron chi connectivity index (χ2n) is 9.37. The summed E-state index contributed by atoms with van der Waals surface area (Å²) in [6, 6.07) is 12.7. The van der Waals surface area contributed by atoms with E-state index in [1.54, 1.807) is 62.8 Å². The summed E-state index contributed by atoms with van der Waals surface area (Å²) in [6.45, 7) is 1.28. The molecule has 0 aromatic heterocycles. The Labute approximate surface area is 222 Å². The van der Waals surface area contributed by atoms with E-state index in [9.17, 15) is 19.2 Å². The normalized spacial score (nSPS) is 19.5. The molecule has 0 spiro atoms. The lowest BCUT2D eigenvalue weighted by molar-refractivity contribution is -0.123. The molecule has 4 rings (SSSR count). The summed E-state index contributed by atoms with van der Waals surface area (Å²) in [5, 5.41) is 6.42. The van der Waals surface area contributed by atoms with E-state index in [2.05, 4.69) is 10.6 Å². The van der Waals surface area contributed by atoms with Gasteiger partial charge in [0.1, 0.15) is 11.5 Å². The first-order valence-corrected chi connectivity index (χ1v) is 12.9. The van der Waals surface area contributed by atoms with Gasteiger partial charge in [-0.2, -0.15) is 0 Å². The SMILES string of the molecule is COc1ccc(N2C(=O)C[C@@H](NCCCCCCN[C@@H]3CC(=O)N(c4ccc(OC)cc4)C3=O)C2=O)cc1. The molecule has 0 bridgehead atoms. The van der Waals surface area contributed by atoms with Crippen molar-refractivity contribution in [3.05, 3.63) is 48.5 Å². The molecule has 38 heavy (non-hydrogen) atoms. The molecule has 10 heteroatoms. The Kier molecular flexibility index (Phi) is 9.09. The summed E-state index contributed by atoms with van der Waals surface area (Å²) in [5.41, 5.74) is 1.10. The Morgan fingerprint density at radius 2 is 1.00 bits per heavy atom. The van der Waals surface area contributed by atoms with Crippen LogP contribution in [-0.4, -0.2) is 63.0 Å². The number of methoxy groups -OCH3 is 2. The zero-order valence-corrected chi connectivity index (χ0v) is 21.8. The Bertz CT molecular complexity index is 1060. The van der Waals surface area contributed by atoms with Crippen molar-refractivity contribution in [2.45, 2.75) is 50.6 Å². The Morgan fingerprint density at radius 1 is 0.632 bits per heavy atom. The molecule has 2 heterocycles. The highest BCUT2D eigenvalue weighted by molar-refractivity contribution is 6.23. The van der Waals surface area contributed by atoms with E-state index in [4.69, 9.17) is 9.47 Å². The predicted octanol–water partition coefficient (Wildman–Crippen LogP) is 2.41. The number of carbonyl (C=O) groups excluding carboxylic acids is 4. The van der Waals surface area contributed by atoms with Crippen molar-refractivity contribution >= 4 is 35.0 Å². The van der Waals surface area contributed by atoms with Crippen LogP contribution in [0.2, 0.25) is 0 Å². The lowest BCUT2D eigenvalue weighted by atomic mass is 10.1. The molecule has 2 atom stereocenters. The number of nitrogens with zero attached hydrogens (tertiary/aromatic N) is 2. The molecule has 2 aliphatic rings. The van der Waals surface area contributed by atoms with Crippen LogP contribution in [0.15, 0.2) is 48.5 Å². The highest BCUT2D eigenvalue weighted by atomic mass is 16.5. The quantitative estimate of drug-likeness (QED) is 0.304. The minimum absolute atomic E-state index is 0.149. The number of anilines is 2. The topological polar surface area (TPSA) is 117 Å². The molecule has 0 unspecified atom stereocenters. The molecule has 202 valence electrons. The molecular weight excluding hydrogens is 488 g/mol. The van der Waals surface area contributed by atoms with E-state index < -0.39 is 12.1 Å². The molecule has 0 aliphatic carbocycles. The number of imide groups is 2. The molecule has 2 saturated heterocycles. The molecule has 2 N–H and O–H groups in total. The van der Waals surface area contributed by atoms with E-state index in [1.165, 1.54) is 9.80 Å². The number of amides is 4. The van der Waals surface area contributed by atoms with Gasteiger partial charge >= 0.3 is 0 Å². The minimum Gasteiger partial charge on any atom is -0.497 e. The van der Waals surface area contributed by atoms with Crippen LogP contribution in [0.1, 0.15) is 38.5 Å². The summed E-state index contributed by atoms with van der Waals surface area (Å²) in [5.74, 6) is 0.435. The average Bonchev–Trinajstić information content (AvgIpc) is 3.38. The van der Waals surface area contributed by atoms with E-state index in [1.807, 2.05) is 0 Å². The first-order valence-electron chi connectivity index (χ1n) is 12.9. The van der Waals surface area contributed by atoms with Crippen LogP contribution in [0.25, 0.3) is 0 Å². The second kappa shape index (κ2) is 12.7. The molecule has 2 fully saturated rings. The number of carbonyl (C=O) groups is 4. The van der Waals surface area contributed by atoms with Gasteiger partial charge in [0, 0.05) is 0 Å². The van der Waals surface area contributed by atoms with Gasteiger partial charge in [0.15, 0.2) is 0 Å². The summed E-state index contributed by atoms with van der Waals surface area (Å²) in [4.78, 5) is 52.8. The maximum Gasteiger partial charge on any atom is 0.251 e. The number of ether oxygens (including phenoxy) is 2. The van der Waals surface area contributed by atoms with E-state index >= 15 is 0 Å². The van der Waals surface area contributed by atoms with Gasteiger partial charge in [-0.15, -0.1) is 0 Å². The van der Waals surface area contributed by atoms with Crippen molar-refractivity contribution in [1.82, 2.24) is 10.6 Å². The molecule has 2 aromatic rings. The molecule has 0 radical (unpaired) electrons. The van der Waals surface area contributed by atoms with Gasteiger partial charge in [-0.3, -0.25) is 19.2 Å². The second-order valence-corrected chi connectivity index (χ2v) is 9.37. The van der Waals surface area contributed by atoms with E-state index in [0.29, 0.717) is 36.0 Å². The molecule has 2 aliphatic heterocycles. The lowest BCUT2D eigenvalue weighted by Crippen LogP contribution is -2.39. The summed E-state index contributed by atoms with van der Waals surface area (Å²) in [7, 11) is 3.13. The first-order chi connectivity index (χ1) is 18.4. The summed E-state index contributed by atoms with van der Waals surface area (Å²) in [6.07, 6.45) is 3.93. The maximum absolute atomic E-state index is 12.7. The smallest absolute Gasteiger partial charge is 0.251 e. The number of hydrogen-bond acceptors (Lipinski definition) is 8. The van der Waals surface area contributed by atoms with Crippen LogP contribution in [0.5, 0.6) is 11.5 Å². The van der Waals surface area contributed by atoms with Crippen LogP contribution in [0, 0.1) is 0 Å². The standard InChI is InChI=1S/C28H34N4O6/c1-37-21-11-7-19(8-12-21)31-25(33)17-23(27(31)35)29-15-5-3-4-6-16-30-24-18-26(34)32(28(24)36)20-9-13-22(38-2)14-10-20/h7-14,23-24,29-30H,3-6,15-18H2,1-2H3/t23-,24-/m1/s1. The number of hydrogen-bond donors (Lipinski definition) is 2. The van der Waals surface area contributed by atoms with Crippen LogP contribution in [0.3, 0.4) is 0 Å². The summed E-state index contributed by atoms with van der Waals surface area (Å²) >= 11 is 0. The zero-order valence-electron chi connectivity index (χ0n) is 21.8. The van der Waals surface area contributed by atoms with Crippen molar-refractivity contribution in [2.75, 3.05) is 37.1 Å². The van der Waals surface area contributed by atoms with Crippen molar-refractivity contribution < 1.29 is 28.7 Å². The van der Waals surface area contributed by atoms with Crippen LogP contribution in [-0.2, 0) is 19.2 Å². The van der Waals surface area contributed by atoms with Gasteiger partial charge in [0.05, 0.1) is 50.5 Å². The average molecular weight is 523 g/mol. The third-order valence-corrected chi connectivity index (χ3v) is 6.84. The zero-order chi connectivity index (χ0) is 27.1. The van der Waals surface area contributed by atoms with Gasteiger partial charge in [0.25, 0.3) is 11.8 Å². The minimum atomic E-state index is -0.508. The van der Waals surface area contributed by atoms with Crippen molar-refractivity contribution in [1.29, 1.82) is 0 Å². The van der Waals surface area contributed by atoms with Crippen molar-refractivity contribution in [3.8, 4) is 11.5 Å². The Morgan fingerprint density at radius 3 is 1.34 bits per heavy atom. The molecular formula is C28H34N4O6. The molecule has 0 saturated carbocycles. The van der Waals surface area contributed by atoms with Gasteiger partial charge in [0.2, 0.25) is 11.8 Å². The number of benzene rings is 2. The number of unbranched alkanes of at least 4 members (excludes halogenated alkanes) is 3. The Balaban J connectivity index is 1.11. The fourth-order valence-corrected chi connectivity index (χ4v) is 4.74. The molecule has 2 aromatic carbocycles. The van der Waals surface area contributed by atoms with Crippen LogP contribution in [0.4, 0.5) is 11.4 Å². The third kappa shape index (κ3) is 6.20. The van der Waals surface area contributed by atoms with Crippen LogP contribution < -0.4 is 29.9 Å². The van der Waals surface area contributed by atoms with Gasteiger partial charge in [-0.25, -0.2) is 9.80 Å². The fraction of sp³-hybridized carbons (Fsp3) is 0.429. The predicted molar refractivity (Wildman–Crippen MR) is 142 cm³/mol. The van der Waals surface area contributed by atoms with Gasteiger partial charge in [-0.05, 0) is 74.5 Å². The molecule has 4 amide bonds. The first kappa shape index (κ1) is 27.3. The highest BCUT2D eigenvalue weighted by Gasteiger charge is 2.40. The monoisotopic (exact) mass is 522 g/mol. The highest BCUT2D eigenvalue weighted by Crippen LogP contribution is 2.26. The largest absolute Gasteiger partial charge is 0.497 e. The lowest BCUT2D eigenvalue weighted by Gasteiger charge is -2.16. The van der Waals surface area contributed by atoms with Gasteiger partial charge < -0.3 is 20.1 Å². The van der Waals surface area contributed by atoms with E-state index in [-0.39, 0.29) is 36.5 Å².